The van der Waals surface area contributed by atoms with Crippen LogP contribution < -0.4 is 5.32 Å². The molecule has 2 nitrogen and oxygen atoms in total. The molecule has 0 radical (unpaired) electrons. The Morgan fingerprint density at radius 2 is 2.23 bits per heavy atom. The van der Waals surface area contributed by atoms with Crippen molar-refractivity contribution in [3.63, 3.8) is 0 Å². The fourth-order valence-electron chi connectivity index (χ4n) is 1.38. The number of nitrogens with one attached hydrogen (secondary N) is 1. The Morgan fingerprint density at radius 3 is 2.85 bits per heavy atom. The lowest BCUT2D eigenvalue weighted by Gasteiger charge is -2.07. The summed E-state index contributed by atoms with van der Waals surface area (Å²) in [5.41, 5.74) is 2.83. The average molecular weight is 172 g/mol. The van der Waals surface area contributed by atoms with Crippen molar-refractivity contribution in [1.82, 2.24) is 0 Å². The Bertz CT molecular complexity index is 359. The molecule has 13 heavy (non-hydrogen) atoms. The molecule has 1 N–H and O–H groups in total. The minimum absolute atomic E-state index is 0.605. The van der Waals surface area contributed by atoms with Crippen molar-refractivity contribution in [2.45, 2.75) is 25.8 Å². The summed E-state index contributed by atoms with van der Waals surface area (Å²) >= 11 is 0. The van der Waals surface area contributed by atoms with Crippen molar-refractivity contribution in [3.05, 3.63) is 29.3 Å². The molecule has 0 heterocycles. The number of hydrogen-bond donors (Lipinski definition) is 1. The van der Waals surface area contributed by atoms with Crippen LogP contribution in [0.3, 0.4) is 0 Å². The molecular weight excluding hydrogens is 160 g/mol. The Balaban J connectivity index is 2.32. The number of benzene rings is 1. The summed E-state index contributed by atoms with van der Waals surface area (Å²) in [7, 11) is 0. The predicted octanol–water partition coefficient (Wildman–Crippen LogP) is 2.44. The van der Waals surface area contributed by atoms with Crippen LogP contribution in [0.2, 0.25) is 0 Å². The van der Waals surface area contributed by atoms with Crippen LogP contribution in [0.15, 0.2) is 18.2 Å². The van der Waals surface area contributed by atoms with E-state index in [1.807, 2.05) is 25.1 Å². The Labute approximate surface area is 78.2 Å². The quantitative estimate of drug-likeness (QED) is 0.743. The Morgan fingerprint density at radius 1 is 1.46 bits per heavy atom. The minimum atomic E-state index is 0.605. The highest BCUT2D eigenvalue weighted by Crippen LogP contribution is 2.27. The normalized spacial score (nSPS) is 15.1. The molecule has 0 atom stereocenters. The first-order valence-corrected chi connectivity index (χ1v) is 4.57. The van der Waals surface area contributed by atoms with Gasteiger partial charge in [0.25, 0.3) is 0 Å². The number of nitrogens with zero attached hydrogens (tertiary/aromatic N) is 1. The van der Waals surface area contributed by atoms with E-state index in [1.165, 1.54) is 12.8 Å². The van der Waals surface area contributed by atoms with Gasteiger partial charge in [0.05, 0.1) is 11.3 Å². The molecule has 0 aromatic heterocycles. The molecule has 0 bridgehead atoms. The highest BCUT2D eigenvalue weighted by molar-refractivity contribution is 5.61. The van der Waals surface area contributed by atoms with E-state index in [9.17, 15) is 0 Å². The molecule has 1 aliphatic rings. The van der Waals surface area contributed by atoms with Crippen molar-refractivity contribution in [3.8, 4) is 6.07 Å². The van der Waals surface area contributed by atoms with E-state index in [1.54, 1.807) is 0 Å². The number of hydrogen-bond acceptors (Lipinski definition) is 2. The van der Waals surface area contributed by atoms with E-state index >= 15 is 0 Å². The van der Waals surface area contributed by atoms with Gasteiger partial charge >= 0.3 is 0 Å². The summed E-state index contributed by atoms with van der Waals surface area (Å²) < 4.78 is 0. The van der Waals surface area contributed by atoms with Gasteiger partial charge in [-0.15, -0.1) is 0 Å². The van der Waals surface area contributed by atoms with Crippen LogP contribution in [0.25, 0.3) is 0 Å². The maximum atomic E-state index is 8.94. The minimum Gasteiger partial charge on any atom is -0.381 e. The van der Waals surface area contributed by atoms with E-state index in [-0.39, 0.29) is 0 Å². The first-order valence-electron chi connectivity index (χ1n) is 4.57. The monoisotopic (exact) mass is 172 g/mol. The fraction of sp³-hybridized carbons (Fsp3) is 0.364. The van der Waals surface area contributed by atoms with Gasteiger partial charge in [-0.25, -0.2) is 0 Å². The van der Waals surface area contributed by atoms with Crippen LogP contribution in [-0.4, -0.2) is 6.04 Å². The van der Waals surface area contributed by atoms with Crippen LogP contribution in [0.4, 0.5) is 5.69 Å². The van der Waals surface area contributed by atoms with Gasteiger partial charge in [0.1, 0.15) is 6.07 Å². The summed E-state index contributed by atoms with van der Waals surface area (Å²) in [6.07, 6.45) is 2.47. The van der Waals surface area contributed by atoms with Crippen LogP contribution in [-0.2, 0) is 0 Å². The molecule has 0 spiro atoms. The van der Waals surface area contributed by atoms with Gasteiger partial charge in [-0.05, 0) is 31.4 Å². The fourth-order valence-corrected chi connectivity index (χ4v) is 1.38. The number of nitriles is 1. The molecule has 1 aromatic rings. The molecule has 0 saturated heterocycles. The van der Waals surface area contributed by atoms with E-state index < -0.39 is 0 Å². The lowest BCUT2D eigenvalue weighted by Crippen LogP contribution is -2.03. The third kappa shape index (κ3) is 1.65. The average Bonchev–Trinajstić information content (AvgIpc) is 2.89. The second-order valence-electron chi connectivity index (χ2n) is 3.53. The van der Waals surface area contributed by atoms with E-state index in [0.29, 0.717) is 6.04 Å². The van der Waals surface area contributed by atoms with Gasteiger partial charge in [0.2, 0.25) is 0 Å². The van der Waals surface area contributed by atoms with Gasteiger partial charge in [0, 0.05) is 6.04 Å². The SMILES string of the molecule is Cc1cccc(NC2CC2)c1C#N. The third-order valence-corrected chi connectivity index (χ3v) is 2.32. The lowest BCUT2D eigenvalue weighted by atomic mass is 10.1. The molecule has 2 heteroatoms. The molecular formula is C11H12N2. The van der Waals surface area contributed by atoms with Crippen molar-refractivity contribution in [2.75, 3.05) is 5.32 Å². The number of rotatable bonds is 2. The van der Waals surface area contributed by atoms with Crippen LogP contribution in [0, 0.1) is 18.3 Å². The molecule has 66 valence electrons. The van der Waals surface area contributed by atoms with E-state index in [4.69, 9.17) is 5.26 Å². The summed E-state index contributed by atoms with van der Waals surface area (Å²) in [5, 5.41) is 12.3. The molecule has 2 rings (SSSR count). The van der Waals surface area contributed by atoms with Crippen molar-refractivity contribution in [2.24, 2.45) is 0 Å². The van der Waals surface area contributed by atoms with E-state index in [2.05, 4.69) is 11.4 Å². The largest absolute Gasteiger partial charge is 0.381 e. The van der Waals surface area contributed by atoms with Crippen molar-refractivity contribution < 1.29 is 0 Å². The summed E-state index contributed by atoms with van der Waals surface area (Å²) in [6, 6.07) is 8.77. The zero-order valence-electron chi connectivity index (χ0n) is 7.67. The maximum Gasteiger partial charge on any atom is 0.102 e. The highest BCUT2D eigenvalue weighted by atomic mass is 15.0. The topological polar surface area (TPSA) is 35.8 Å². The van der Waals surface area contributed by atoms with Crippen molar-refractivity contribution >= 4 is 5.69 Å². The molecule has 0 unspecified atom stereocenters. The van der Waals surface area contributed by atoms with Gasteiger partial charge < -0.3 is 5.32 Å². The van der Waals surface area contributed by atoms with Crippen LogP contribution in [0.1, 0.15) is 24.0 Å². The van der Waals surface area contributed by atoms with Gasteiger partial charge in [-0.2, -0.15) is 5.26 Å². The highest BCUT2D eigenvalue weighted by Gasteiger charge is 2.21. The smallest absolute Gasteiger partial charge is 0.102 e. The maximum absolute atomic E-state index is 8.94. The van der Waals surface area contributed by atoms with Gasteiger partial charge in [-0.3, -0.25) is 0 Å². The number of anilines is 1. The Kier molecular flexibility index (Phi) is 1.94. The van der Waals surface area contributed by atoms with Gasteiger partial charge in [0.15, 0.2) is 0 Å². The molecule has 0 amide bonds. The number of aryl methyl sites for hydroxylation is 1. The second kappa shape index (κ2) is 3.10. The van der Waals surface area contributed by atoms with Crippen LogP contribution in [0.5, 0.6) is 0 Å². The molecule has 1 saturated carbocycles. The van der Waals surface area contributed by atoms with Gasteiger partial charge in [-0.1, -0.05) is 12.1 Å². The molecule has 1 fully saturated rings. The predicted molar refractivity (Wildman–Crippen MR) is 52.5 cm³/mol. The standard InChI is InChI=1S/C11H12N2/c1-8-3-2-4-11(10(8)7-12)13-9-5-6-9/h2-4,9,13H,5-6H2,1H3. The molecule has 1 aliphatic carbocycles. The van der Waals surface area contributed by atoms with Crippen molar-refractivity contribution in [1.29, 1.82) is 5.26 Å². The second-order valence-corrected chi connectivity index (χ2v) is 3.53. The van der Waals surface area contributed by atoms with Crippen LogP contribution >= 0.6 is 0 Å². The third-order valence-electron chi connectivity index (χ3n) is 2.32. The summed E-state index contributed by atoms with van der Waals surface area (Å²) in [6.45, 7) is 1.97. The first-order chi connectivity index (χ1) is 6.31. The van der Waals surface area contributed by atoms with E-state index in [0.717, 1.165) is 16.8 Å². The summed E-state index contributed by atoms with van der Waals surface area (Å²) in [4.78, 5) is 0. The molecule has 1 aromatic carbocycles. The zero-order chi connectivity index (χ0) is 9.26. The Hall–Kier alpha value is -1.49. The first kappa shape index (κ1) is 8.12. The summed E-state index contributed by atoms with van der Waals surface area (Å²) in [5.74, 6) is 0. The molecule has 0 aliphatic heterocycles. The zero-order valence-corrected chi connectivity index (χ0v) is 7.67. The lowest BCUT2D eigenvalue weighted by molar-refractivity contribution is 1.15.